The highest BCUT2D eigenvalue weighted by Gasteiger charge is 2.82. The lowest BCUT2D eigenvalue weighted by Crippen LogP contribution is -2.65. The van der Waals surface area contributed by atoms with Gasteiger partial charge in [0.25, 0.3) is 0 Å². The van der Waals surface area contributed by atoms with Crippen molar-refractivity contribution in [2.24, 2.45) is 55.7 Å². The predicted molar refractivity (Wildman–Crippen MR) is 207 cm³/mol. The minimum atomic E-state index is -1.17. The molecule has 0 amide bonds. The average molecular weight is 762 g/mol. The molecule has 2 N–H and O–H groups in total. The first kappa shape index (κ1) is 40.1. The molecule has 0 saturated heterocycles. The minimum Gasteiger partial charge on any atom is -0.481 e. The first-order valence-corrected chi connectivity index (χ1v) is 20.9. The van der Waals surface area contributed by atoms with Gasteiger partial charge in [-0.15, -0.1) is 0 Å². The number of allylic oxidation sites excluding steroid dienone is 1. The fourth-order valence-corrected chi connectivity index (χ4v) is 14.2. The number of benzene rings is 1. The van der Waals surface area contributed by atoms with Crippen LogP contribution in [0.4, 0.5) is 4.39 Å². The number of Topliss-reactive ketones (excluding diaryl/α,β-unsaturated/α-hetero) is 1. The number of hydrogen-bond acceptors (Lipinski definition) is 7. The number of hydrogen-bond donors (Lipinski definition) is 2. The van der Waals surface area contributed by atoms with Crippen LogP contribution in [-0.2, 0) is 35.2 Å². The van der Waals surface area contributed by atoms with Gasteiger partial charge in [-0.05, 0) is 140 Å². The Morgan fingerprint density at radius 2 is 1.60 bits per heavy atom. The maximum absolute atomic E-state index is 14.3. The summed E-state index contributed by atoms with van der Waals surface area (Å²) >= 11 is 0. The largest absolute Gasteiger partial charge is 0.481 e. The van der Waals surface area contributed by atoms with E-state index in [1.807, 2.05) is 0 Å². The fraction of sp³-hybridized carbons (Fsp3) is 0.739. The van der Waals surface area contributed by atoms with Gasteiger partial charge in [0.1, 0.15) is 18.0 Å². The third-order valence-corrected chi connectivity index (χ3v) is 17.3. The van der Waals surface area contributed by atoms with Crippen LogP contribution in [0.15, 0.2) is 35.4 Å². The van der Waals surface area contributed by atoms with Crippen LogP contribution in [-0.4, -0.2) is 47.6 Å². The molecule has 0 aromatic heterocycles. The zero-order valence-corrected chi connectivity index (χ0v) is 34.7. The average Bonchev–Trinajstić information content (AvgIpc) is 3.62. The van der Waals surface area contributed by atoms with Crippen LogP contribution in [0.1, 0.15) is 139 Å². The van der Waals surface area contributed by atoms with Gasteiger partial charge in [0.15, 0.2) is 5.78 Å². The van der Waals surface area contributed by atoms with Crippen LogP contribution in [0.3, 0.4) is 0 Å². The van der Waals surface area contributed by atoms with E-state index in [1.165, 1.54) is 24.6 Å². The third-order valence-electron chi connectivity index (χ3n) is 17.3. The van der Waals surface area contributed by atoms with Crippen molar-refractivity contribution in [1.82, 2.24) is 5.32 Å². The van der Waals surface area contributed by atoms with E-state index in [0.717, 1.165) is 68.9 Å². The number of carbonyl (C=O) groups excluding carboxylic acids is 3. The zero-order valence-electron chi connectivity index (χ0n) is 34.7. The SMILES string of the molecule is CC(=O)O[C@H](CNCc1ccc(F)cc1)C12CC[C@]3(C)[C@H](CC[C@@H]4[C@@]5(C)CC[C@H](OC(=O)CC(C)(C)C(=O)O)C6(C)C[C@]65CC[C@]43C)C1=C(C(C)C)C(=O)C2. The van der Waals surface area contributed by atoms with E-state index in [1.54, 1.807) is 26.0 Å². The number of carboxylic acid groups (broad SMARTS) is 1. The van der Waals surface area contributed by atoms with Crippen LogP contribution in [0.25, 0.3) is 0 Å². The number of nitrogens with one attached hydrogen (secondary N) is 1. The van der Waals surface area contributed by atoms with Crippen molar-refractivity contribution in [2.45, 2.75) is 152 Å². The number of halogens is 1. The summed E-state index contributed by atoms with van der Waals surface area (Å²) in [4.78, 5) is 52.0. The molecule has 10 atom stereocenters. The first-order valence-electron chi connectivity index (χ1n) is 20.9. The monoisotopic (exact) mass is 761 g/mol. The lowest BCUT2D eigenvalue weighted by Gasteiger charge is -2.71. The molecule has 1 spiro atoms. The summed E-state index contributed by atoms with van der Waals surface area (Å²) in [6.07, 6.45) is 8.20. The van der Waals surface area contributed by atoms with E-state index in [4.69, 9.17) is 9.47 Å². The maximum atomic E-state index is 14.3. The lowest BCUT2D eigenvalue weighted by atomic mass is 9.33. The molecule has 5 saturated carbocycles. The van der Waals surface area contributed by atoms with Gasteiger partial charge in [0.05, 0.1) is 11.8 Å². The van der Waals surface area contributed by atoms with Crippen LogP contribution in [0.5, 0.6) is 0 Å². The van der Waals surface area contributed by atoms with Crippen molar-refractivity contribution in [3.8, 4) is 0 Å². The highest BCUT2D eigenvalue weighted by molar-refractivity contribution is 6.01. The minimum absolute atomic E-state index is 0.0130. The van der Waals surface area contributed by atoms with Crippen molar-refractivity contribution in [3.05, 3.63) is 46.8 Å². The summed E-state index contributed by atoms with van der Waals surface area (Å²) in [5.41, 5.74) is 1.36. The molecule has 302 valence electrons. The number of aliphatic carboxylic acids is 1. The Hall–Kier alpha value is -3.07. The van der Waals surface area contributed by atoms with Crippen LogP contribution < -0.4 is 5.32 Å². The summed E-state index contributed by atoms with van der Waals surface area (Å²) < 4.78 is 26.1. The highest BCUT2D eigenvalue weighted by atomic mass is 19.1. The van der Waals surface area contributed by atoms with Gasteiger partial charge in [-0.25, -0.2) is 4.39 Å². The second-order valence-electron chi connectivity index (χ2n) is 20.6. The molecule has 6 aliphatic carbocycles. The topological polar surface area (TPSA) is 119 Å². The van der Waals surface area contributed by atoms with E-state index in [9.17, 15) is 28.7 Å². The lowest BCUT2D eigenvalue weighted by molar-refractivity contribution is -0.221. The van der Waals surface area contributed by atoms with Crippen molar-refractivity contribution < 1.29 is 38.1 Å². The Balaban J connectivity index is 1.18. The van der Waals surface area contributed by atoms with Gasteiger partial charge in [-0.1, -0.05) is 53.7 Å². The van der Waals surface area contributed by atoms with E-state index in [2.05, 4.69) is 46.9 Å². The second kappa shape index (κ2) is 13.2. The molecule has 9 heteroatoms. The number of rotatable bonds is 11. The highest BCUT2D eigenvalue weighted by Crippen LogP contribution is 2.87. The Morgan fingerprint density at radius 1 is 0.927 bits per heavy atom. The zero-order chi connectivity index (χ0) is 40.1. The Kier molecular flexibility index (Phi) is 9.66. The van der Waals surface area contributed by atoms with Crippen LogP contribution in [0.2, 0.25) is 0 Å². The summed E-state index contributed by atoms with van der Waals surface area (Å²) in [6, 6.07) is 6.42. The second-order valence-corrected chi connectivity index (χ2v) is 20.6. The smallest absolute Gasteiger partial charge is 0.309 e. The van der Waals surface area contributed by atoms with Gasteiger partial charge in [-0.3, -0.25) is 19.2 Å². The fourth-order valence-electron chi connectivity index (χ4n) is 14.2. The summed E-state index contributed by atoms with van der Waals surface area (Å²) in [5, 5.41) is 13.1. The number of carbonyl (C=O) groups is 4. The molecule has 5 fully saturated rings. The van der Waals surface area contributed by atoms with E-state index in [0.29, 0.717) is 25.4 Å². The summed E-state index contributed by atoms with van der Waals surface area (Å²) in [5.74, 6) is -1.13. The summed E-state index contributed by atoms with van der Waals surface area (Å²) in [7, 11) is 0. The first-order chi connectivity index (χ1) is 25.6. The quantitative estimate of drug-likeness (QED) is 0.215. The van der Waals surface area contributed by atoms with E-state index < -0.39 is 28.9 Å². The number of ether oxygens (including phenoxy) is 2. The number of esters is 2. The standard InChI is InChI=1S/C46H64FNO7/c1-27(2)37-32(50)22-45(35(54-28(3)49)25-48-24-29-10-12-30(47)13-11-29)20-18-41(6)31(38(37)45)14-15-33-42(41,7)19-21-46-26-44(46,9)34(16-17-43(33,46)8)55-36(51)23-40(4,5)39(52)53/h10-13,27,31,33-35,48H,14-26H2,1-9H3,(H,52,53)/t31-,33+,34+,35-,41-,42-,43-,44?,45?,46+/m1/s1. The molecule has 0 heterocycles. The molecular formula is C46H64FNO7. The van der Waals surface area contributed by atoms with Gasteiger partial charge < -0.3 is 19.9 Å². The van der Waals surface area contributed by atoms with Gasteiger partial charge in [0.2, 0.25) is 0 Å². The van der Waals surface area contributed by atoms with Gasteiger partial charge >= 0.3 is 17.9 Å². The van der Waals surface area contributed by atoms with Crippen molar-refractivity contribution in [1.29, 1.82) is 0 Å². The molecule has 6 aliphatic rings. The number of fused-ring (bicyclic) bond motifs is 6. The molecule has 2 unspecified atom stereocenters. The molecule has 1 aromatic rings. The maximum Gasteiger partial charge on any atom is 0.309 e. The number of carboxylic acids is 1. The van der Waals surface area contributed by atoms with Crippen LogP contribution >= 0.6 is 0 Å². The summed E-state index contributed by atoms with van der Waals surface area (Å²) in [6.45, 7) is 19.7. The molecule has 0 bridgehead atoms. The molecule has 0 aliphatic heterocycles. The molecule has 55 heavy (non-hydrogen) atoms. The number of ketones is 1. The molecule has 1 aromatic carbocycles. The third kappa shape index (κ3) is 5.81. The van der Waals surface area contributed by atoms with Crippen molar-refractivity contribution in [3.63, 3.8) is 0 Å². The van der Waals surface area contributed by atoms with Gasteiger partial charge in [-0.2, -0.15) is 0 Å². The molecular weight excluding hydrogens is 698 g/mol. The van der Waals surface area contributed by atoms with Crippen LogP contribution in [0, 0.1) is 61.5 Å². The molecule has 0 radical (unpaired) electrons. The normalized spacial score (nSPS) is 39.6. The Bertz CT molecular complexity index is 1800. The van der Waals surface area contributed by atoms with Crippen molar-refractivity contribution in [2.75, 3.05) is 6.54 Å². The van der Waals surface area contributed by atoms with Gasteiger partial charge in [0, 0.05) is 37.3 Å². The molecule has 7 rings (SSSR count). The Labute approximate surface area is 327 Å². The van der Waals surface area contributed by atoms with E-state index in [-0.39, 0.29) is 69.0 Å². The predicted octanol–water partition coefficient (Wildman–Crippen LogP) is 8.99. The van der Waals surface area contributed by atoms with Crippen molar-refractivity contribution >= 4 is 23.7 Å². The Morgan fingerprint density at radius 3 is 2.24 bits per heavy atom. The van der Waals surface area contributed by atoms with E-state index >= 15 is 0 Å². The molecule has 8 nitrogen and oxygen atoms in total.